The molecule has 1 saturated carbocycles. The van der Waals surface area contributed by atoms with Gasteiger partial charge < -0.3 is 5.32 Å². The highest BCUT2D eigenvalue weighted by Crippen LogP contribution is 2.27. The van der Waals surface area contributed by atoms with E-state index in [0.717, 1.165) is 6.42 Å². The van der Waals surface area contributed by atoms with E-state index in [1.807, 2.05) is 0 Å². The maximum Gasteiger partial charge on any atom is 0.282 e. The Morgan fingerprint density at radius 2 is 2.10 bits per heavy atom. The summed E-state index contributed by atoms with van der Waals surface area (Å²) in [5.74, 6) is 0.238. The lowest BCUT2D eigenvalue weighted by molar-refractivity contribution is -0.385. The maximum atomic E-state index is 12.0. The van der Waals surface area contributed by atoms with Gasteiger partial charge in [-0.2, -0.15) is 0 Å². The minimum Gasteiger partial charge on any atom is -0.352 e. The van der Waals surface area contributed by atoms with Crippen molar-refractivity contribution < 1.29 is 9.72 Å². The van der Waals surface area contributed by atoms with Crippen LogP contribution in [0.1, 0.15) is 42.5 Å². The van der Waals surface area contributed by atoms with Crippen LogP contribution in [0.4, 0.5) is 5.69 Å². The average molecular weight is 297 g/mol. The van der Waals surface area contributed by atoms with Gasteiger partial charge in [-0.3, -0.25) is 14.9 Å². The number of rotatable bonds is 5. The molecule has 1 aliphatic carbocycles. The topological polar surface area (TPSA) is 72.2 Å². The molecule has 2 rings (SSSR count). The predicted molar refractivity (Wildman–Crippen MR) is 77.0 cm³/mol. The predicted octanol–water partition coefficient (Wildman–Crippen LogP) is 3.56. The highest BCUT2D eigenvalue weighted by molar-refractivity contribution is 6.31. The normalized spacial score (nSPS) is 15.2. The number of nitro groups is 1. The van der Waals surface area contributed by atoms with Crippen LogP contribution < -0.4 is 5.32 Å². The monoisotopic (exact) mass is 296 g/mol. The summed E-state index contributed by atoms with van der Waals surface area (Å²) in [6.07, 6.45) is 5.89. The molecule has 1 aliphatic rings. The third-order valence-corrected chi connectivity index (χ3v) is 3.95. The molecule has 6 heteroatoms. The molecule has 5 nitrogen and oxygen atoms in total. The fraction of sp³-hybridized carbons (Fsp3) is 0.500. The van der Waals surface area contributed by atoms with E-state index in [-0.39, 0.29) is 11.3 Å². The van der Waals surface area contributed by atoms with Crippen molar-refractivity contribution in [1.82, 2.24) is 5.32 Å². The Bertz CT molecular complexity index is 513. The highest BCUT2D eigenvalue weighted by atomic mass is 35.5. The van der Waals surface area contributed by atoms with Gasteiger partial charge in [0.05, 0.1) is 4.92 Å². The van der Waals surface area contributed by atoms with E-state index in [1.165, 1.54) is 43.9 Å². The third-order valence-electron chi connectivity index (χ3n) is 3.71. The van der Waals surface area contributed by atoms with Gasteiger partial charge in [-0.25, -0.2) is 0 Å². The lowest BCUT2D eigenvalue weighted by Crippen LogP contribution is -2.26. The number of halogens is 1. The SMILES string of the molecule is O=C(NCCC1CCCC1)c1cc(Cl)ccc1[N+](=O)[O-]. The van der Waals surface area contributed by atoms with Crippen LogP contribution in [0.25, 0.3) is 0 Å². The number of carbonyl (C=O) groups excluding carboxylic acids is 1. The molecule has 1 aromatic rings. The molecule has 0 aliphatic heterocycles. The fourth-order valence-electron chi connectivity index (χ4n) is 2.63. The van der Waals surface area contributed by atoms with Crippen molar-refractivity contribution in [3.8, 4) is 0 Å². The van der Waals surface area contributed by atoms with Crippen LogP contribution in [0.15, 0.2) is 18.2 Å². The van der Waals surface area contributed by atoms with Crippen LogP contribution in [0.3, 0.4) is 0 Å². The molecule has 1 N–H and O–H groups in total. The molecule has 108 valence electrons. The second-order valence-corrected chi connectivity index (χ2v) is 5.55. The maximum absolute atomic E-state index is 12.0. The molecule has 0 bridgehead atoms. The minimum absolute atomic E-state index is 0.0221. The summed E-state index contributed by atoms with van der Waals surface area (Å²) in [6, 6.07) is 4.01. The largest absolute Gasteiger partial charge is 0.352 e. The second-order valence-electron chi connectivity index (χ2n) is 5.11. The Labute approximate surface area is 122 Å². The molecule has 1 fully saturated rings. The van der Waals surface area contributed by atoms with Crippen molar-refractivity contribution in [1.29, 1.82) is 0 Å². The van der Waals surface area contributed by atoms with Crippen LogP contribution in [-0.4, -0.2) is 17.4 Å². The molecule has 0 spiro atoms. The van der Waals surface area contributed by atoms with E-state index in [1.54, 1.807) is 0 Å². The van der Waals surface area contributed by atoms with Gasteiger partial charge >= 0.3 is 0 Å². The van der Waals surface area contributed by atoms with E-state index in [9.17, 15) is 14.9 Å². The van der Waals surface area contributed by atoms with E-state index in [0.29, 0.717) is 17.5 Å². The van der Waals surface area contributed by atoms with Crippen LogP contribution in [0.2, 0.25) is 5.02 Å². The average Bonchev–Trinajstić information content (AvgIpc) is 2.91. The van der Waals surface area contributed by atoms with Crippen molar-refractivity contribution in [2.45, 2.75) is 32.1 Å². The van der Waals surface area contributed by atoms with Crippen molar-refractivity contribution in [2.75, 3.05) is 6.54 Å². The molecule has 0 radical (unpaired) electrons. The van der Waals surface area contributed by atoms with Gasteiger partial charge in [-0.15, -0.1) is 0 Å². The van der Waals surface area contributed by atoms with Gasteiger partial charge in [0.1, 0.15) is 5.56 Å². The summed E-state index contributed by atoms with van der Waals surface area (Å²) in [5, 5.41) is 14.0. The first-order chi connectivity index (χ1) is 9.58. The molecule has 20 heavy (non-hydrogen) atoms. The number of nitro benzene ring substituents is 1. The van der Waals surface area contributed by atoms with E-state index < -0.39 is 10.8 Å². The van der Waals surface area contributed by atoms with Gasteiger partial charge in [-0.1, -0.05) is 37.3 Å². The third kappa shape index (κ3) is 3.70. The first-order valence-corrected chi connectivity index (χ1v) is 7.18. The molecule has 0 aromatic heterocycles. The first-order valence-electron chi connectivity index (χ1n) is 6.80. The number of amides is 1. The van der Waals surface area contributed by atoms with Crippen molar-refractivity contribution in [3.63, 3.8) is 0 Å². The standard InChI is InChI=1S/C14H17ClN2O3/c15-11-5-6-13(17(19)20)12(9-11)14(18)16-8-7-10-3-1-2-4-10/h5-6,9-10H,1-4,7-8H2,(H,16,18). The summed E-state index contributed by atoms with van der Waals surface area (Å²) in [7, 11) is 0. The molecule has 0 unspecified atom stereocenters. The zero-order chi connectivity index (χ0) is 14.5. The number of nitrogens with zero attached hydrogens (tertiary/aromatic N) is 1. The van der Waals surface area contributed by atoms with Crippen LogP contribution in [-0.2, 0) is 0 Å². The molecular weight excluding hydrogens is 280 g/mol. The summed E-state index contributed by atoms with van der Waals surface area (Å²) in [6.45, 7) is 0.549. The van der Waals surface area contributed by atoms with Gasteiger partial charge in [-0.05, 0) is 24.5 Å². The molecule has 1 amide bonds. The Kier molecular flexibility index (Phi) is 4.95. The lowest BCUT2D eigenvalue weighted by Gasteiger charge is -2.10. The number of benzene rings is 1. The zero-order valence-corrected chi connectivity index (χ0v) is 11.9. The first kappa shape index (κ1) is 14.8. The van der Waals surface area contributed by atoms with Crippen LogP contribution in [0, 0.1) is 16.0 Å². The Hall–Kier alpha value is -1.62. The van der Waals surface area contributed by atoms with Crippen molar-refractivity contribution in [3.05, 3.63) is 38.9 Å². The van der Waals surface area contributed by atoms with E-state index in [4.69, 9.17) is 11.6 Å². The van der Waals surface area contributed by atoms with E-state index in [2.05, 4.69) is 5.32 Å². The van der Waals surface area contributed by atoms with Crippen LogP contribution in [0.5, 0.6) is 0 Å². The summed E-state index contributed by atoms with van der Waals surface area (Å²) in [5.41, 5.74) is -0.193. The lowest BCUT2D eigenvalue weighted by atomic mass is 10.0. The van der Waals surface area contributed by atoms with Gasteiger partial charge in [0.2, 0.25) is 0 Å². The second kappa shape index (κ2) is 6.70. The van der Waals surface area contributed by atoms with Gasteiger partial charge in [0, 0.05) is 17.6 Å². The number of hydrogen-bond donors (Lipinski definition) is 1. The van der Waals surface area contributed by atoms with Gasteiger partial charge in [0.25, 0.3) is 11.6 Å². The van der Waals surface area contributed by atoms with Crippen molar-refractivity contribution in [2.24, 2.45) is 5.92 Å². The van der Waals surface area contributed by atoms with E-state index >= 15 is 0 Å². The Morgan fingerprint density at radius 1 is 1.40 bits per heavy atom. The number of hydrogen-bond acceptors (Lipinski definition) is 3. The molecule has 0 saturated heterocycles. The van der Waals surface area contributed by atoms with Gasteiger partial charge in [0.15, 0.2) is 0 Å². The molecular formula is C14H17ClN2O3. The fourth-order valence-corrected chi connectivity index (χ4v) is 2.81. The number of nitrogens with one attached hydrogen (secondary N) is 1. The highest BCUT2D eigenvalue weighted by Gasteiger charge is 2.21. The molecule has 0 atom stereocenters. The molecule has 1 aromatic carbocycles. The van der Waals surface area contributed by atoms with Crippen LogP contribution >= 0.6 is 11.6 Å². The summed E-state index contributed by atoms with van der Waals surface area (Å²) >= 11 is 5.80. The number of carbonyl (C=O) groups is 1. The zero-order valence-electron chi connectivity index (χ0n) is 11.1. The smallest absolute Gasteiger partial charge is 0.282 e. The summed E-state index contributed by atoms with van der Waals surface area (Å²) in [4.78, 5) is 22.4. The summed E-state index contributed by atoms with van der Waals surface area (Å²) < 4.78 is 0. The Morgan fingerprint density at radius 3 is 2.75 bits per heavy atom. The minimum atomic E-state index is -0.567. The Balaban J connectivity index is 1.97. The quantitative estimate of drug-likeness (QED) is 0.667. The van der Waals surface area contributed by atoms with Crippen molar-refractivity contribution >= 4 is 23.2 Å². The molecule has 0 heterocycles.